The van der Waals surface area contributed by atoms with Gasteiger partial charge in [-0.15, -0.1) is 0 Å². The molecule has 1 amide bonds. The molecule has 0 spiro atoms. The van der Waals surface area contributed by atoms with Gasteiger partial charge in [0.2, 0.25) is 5.91 Å². The second-order valence-electron chi connectivity index (χ2n) is 14.5. The zero-order chi connectivity index (χ0) is 28.4. The first-order valence-electron chi connectivity index (χ1n) is 15.3. The van der Waals surface area contributed by atoms with E-state index in [9.17, 15) is 33.3 Å². The Hall–Kier alpha value is -0.190. The SMILES string of the molecule is C[C@H](CCC(=O)NC1(C(=O)[O-])CCS(=O)(=O)CC1)[C@H]1CC[C@H]2[C@@H]3[C@@H](O)C[C@@H]4C[C@H](O)CC[C@]4(C)[C@H]3CC[C@]12C.[Na+]. The molecule has 0 unspecified atom stereocenters. The Balaban J connectivity index is 0.00000370. The van der Waals surface area contributed by atoms with Gasteiger partial charge in [0.05, 0.1) is 35.2 Å². The van der Waals surface area contributed by atoms with Gasteiger partial charge in [0.25, 0.3) is 0 Å². The summed E-state index contributed by atoms with van der Waals surface area (Å²) in [5.41, 5.74) is -1.30. The van der Waals surface area contributed by atoms with E-state index in [0.29, 0.717) is 36.0 Å². The molecule has 0 aromatic heterocycles. The van der Waals surface area contributed by atoms with Crippen molar-refractivity contribution in [3.05, 3.63) is 0 Å². The van der Waals surface area contributed by atoms with Crippen molar-refractivity contribution in [2.45, 2.75) is 116 Å². The molecule has 1 saturated heterocycles. The van der Waals surface area contributed by atoms with Crippen molar-refractivity contribution in [3.8, 4) is 0 Å². The van der Waals surface area contributed by atoms with Crippen LogP contribution in [0.15, 0.2) is 0 Å². The van der Waals surface area contributed by atoms with Gasteiger partial charge in [-0.1, -0.05) is 20.8 Å². The molecule has 3 N–H and O–H groups in total. The molecule has 8 nitrogen and oxygen atoms in total. The molecular weight excluding hydrogens is 541 g/mol. The molecule has 1 aliphatic heterocycles. The second-order valence-corrected chi connectivity index (χ2v) is 16.8. The smallest absolute Gasteiger partial charge is 0.548 e. The number of carbonyl (C=O) groups is 2. The number of rotatable bonds is 6. The van der Waals surface area contributed by atoms with Gasteiger partial charge in [-0.05, 0) is 117 Å². The van der Waals surface area contributed by atoms with E-state index in [1.165, 1.54) is 0 Å². The summed E-state index contributed by atoms with van der Waals surface area (Å²) < 4.78 is 23.6. The minimum absolute atomic E-state index is 0. The van der Waals surface area contributed by atoms with Gasteiger partial charge >= 0.3 is 29.6 Å². The zero-order valence-corrected chi connectivity index (χ0v) is 27.7. The summed E-state index contributed by atoms with van der Waals surface area (Å²) in [4.78, 5) is 24.8. The number of carbonyl (C=O) groups excluding carboxylic acids is 2. The Kier molecular flexibility index (Phi) is 9.58. The van der Waals surface area contributed by atoms with Crippen LogP contribution >= 0.6 is 0 Å². The fourth-order valence-electron chi connectivity index (χ4n) is 10.3. The van der Waals surface area contributed by atoms with Gasteiger partial charge < -0.3 is 25.4 Å². The van der Waals surface area contributed by atoms with E-state index >= 15 is 0 Å². The van der Waals surface area contributed by atoms with E-state index in [2.05, 4.69) is 26.1 Å². The van der Waals surface area contributed by atoms with E-state index in [4.69, 9.17) is 0 Å². The van der Waals surface area contributed by atoms with Crippen LogP contribution in [0.5, 0.6) is 0 Å². The van der Waals surface area contributed by atoms with Gasteiger partial charge in [0, 0.05) is 6.42 Å². The first-order valence-corrected chi connectivity index (χ1v) is 17.1. The molecule has 10 atom stereocenters. The van der Waals surface area contributed by atoms with Crippen LogP contribution in [-0.4, -0.2) is 59.8 Å². The summed E-state index contributed by atoms with van der Waals surface area (Å²) in [6.07, 6.45) is 7.94. The van der Waals surface area contributed by atoms with Crippen molar-refractivity contribution in [2.24, 2.45) is 46.3 Å². The summed E-state index contributed by atoms with van der Waals surface area (Å²) in [7, 11) is -3.28. The fourth-order valence-corrected chi connectivity index (χ4v) is 11.9. The molecule has 40 heavy (non-hydrogen) atoms. The van der Waals surface area contributed by atoms with Crippen molar-refractivity contribution in [1.82, 2.24) is 5.32 Å². The maximum absolute atomic E-state index is 12.9. The monoisotopic (exact) mass is 589 g/mol. The van der Waals surface area contributed by atoms with E-state index in [1.54, 1.807) is 0 Å². The Bertz CT molecular complexity index is 1070. The molecule has 0 bridgehead atoms. The van der Waals surface area contributed by atoms with Crippen LogP contribution in [0.4, 0.5) is 0 Å². The van der Waals surface area contributed by atoms with Crippen LogP contribution in [0.3, 0.4) is 0 Å². The third kappa shape index (κ3) is 5.70. The average Bonchev–Trinajstić information content (AvgIpc) is 3.22. The molecule has 222 valence electrons. The van der Waals surface area contributed by atoms with E-state index in [0.717, 1.165) is 51.4 Å². The molecular formula is C30H48NNaO7S. The fraction of sp³-hybridized carbons (Fsp3) is 0.933. The number of aliphatic hydroxyl groups excluding tert-OH is 2. The molecule has 4 saturated carbocycles. The number of nitrogens with one attached hydrogen (secondary N) is 1. The van der Waals surface area contributed by atoms with Crippen molar-refractivity contribution in [1.29, 1.82) is 0 Å². The van der Waals surface area contributed by atoms with Gasteiger partial charge in [-0.2, -0.15) is 0 Å². The van der Waals surface area contributed by atoms with Crippen molar-refractivity contribution in [3.63, 3.8) is 0 Å². The van der Waals surface area contributed by atoms with Crippen LogP contribution in [0.1, 0.15) is 97.8 Å². The minimum atomic E-state index is -3.28. The molecule has 4 aliphatic carbocycles. The van der Waals surface area contributed by atoms with Crippen LogP contribution in [0.2, 0.25) is 0 Å². The molecule has 5 aliphatic rings. The number of aliphatic carboxylic acids is 1. The molecule has 5 rings (SSSR count). The molecule has 0 aromatic rings. The molecule has 10 heteroatoms. The topological polar surface area (TPSA) is 144 Å². The average molecular weight is 590 g/mol. The van der Waals surface area contributed by atoms with E-state index in [1.807, 2.05) is 0 Å². The summed E-state index contributed by atoms with van der Waals surface area (Å²) >= 11 is 0. The van der Waals surface area contributed by atoms with Crippen LogP contribution in [0, 0.1) is 46.3 Å². The van der Waals surface area contributed by atoms with Gasteiger partial charge in [0.1, 0.15) is 0 Å². The molecule has 0 aromatic carbocycles. The van der Waals surface area contributed by atoms with Gasteiger partial charge in [0.15, 0.2) is 9.84 Å². The van der Waals surface area contributed by atoms with Crippen molar-refractivity contribution >= 4 is 21.7 Å². The number of aliphatic hydroxyl groups is 2. The summed E-state index contributed by atoms with van der Waals surface area (Å²) in [6.45, 7) is 7.03. The third-order valence-electron chi connectivity index (χ3n) is 12.7. The van der Waals surface area contributed by atoms with Gasteiger partial charge in [-0.25, -0.2) is 8.42 Å². The summed E-state index contributed by atoms with van der Waals surface area (Å²) in [5, 5.41) is 36.3. The number of carboxylic acids is 1. The summed E-state index contributed by atoms with van der Waals surface area (Å²) in [6, 6.07) is 0. The van der Waals surface area contributed by atoms with Crippen LogP contribution < -0.4 is 40.0 Å². The Morgan fingerprint density at radius 3 is 2.23 bits per heavy atom. The Morgan fingerprint density at radius 1 is 0.950 bits per heavy atom. The maximum atomic E-state index is 12.9. The normalized spacial score (nSPS) is 44.2. The van der Waals surface area contributed by atoms with Crippen molar-refractivity contribution in [2.75, 3.05) is 11.5 Å². The van der Waals surface area contributed by atoms with Crippen LogP contribution in [0.25, 0.3) is 0 Å². The second kappa shape index (κ2) is 11.7. The Labute approximate surface area is 262 Å². The quantitative estimate of drug-likeness (QED) is 0.345. The number of carboxylic acid groups (broad SMARTS) is 1. The van der Waals surface area contributed by atoms with Crippen molar-refractivity contribution < 1.29 is 62.9 Å². The predicted molar refractivity (Wildman–Crippen MR) is 145 cm³/mol. The number of fused-ring (bicyclic) bond motifs is 5. The third-order valence-corrected chi connectivity index (χ3v) is 14.3. The zero-order valence-electron chi connectivity index (χ0n) is 24.9. The number of hydrogen-bond donors (Lipinski definition) is 3. The summed E-state index contributed by atoms with van der Waals surface area (Å²) in [5.74, 6) is 0.0996. The number of amides is 1. The molecule has 0 radical (unpaired) electrons. The maximum Gasteiger partial charge on any atom is 1.00 e. The first kappa shape index (κ1) is 32.7. The largest absolute Gasteiger partial charge is 1.00 e. The van der Waals surface area contributed by atoms with E-state index in [-0.39, 0.29) is 95.2 Å². The number of sulfone groups is 1. The minimum Gasteiger partial charge on any atom is -0.548 e. The molecule has 1 heterocycles. The molecule has 5 fully saturated rings. The van der Waals surface area contributed by atoms with Gasteiger partial charge in [-0.3, -0.25) is 4.79 Å². The van der Waals surface area contributed by atoms with Crippen LogP contribution in [-0.2, 0) is 19.4 Å². The standard InChI is InChI=1S/C30H49NO7S.Na/c1-18(4-7-25(34)31-30(27(35)36)12-14-39(37,38)15-13-30)21-5-6-22-26-23(9-11-29(21,22)3)28(2)10-8-20(32)16-19(28)17-24(26)33;/h18-24,26,32-33H,4-17H2,1-3H3,(H,31,34)(H,35,36);/q;+1/p-1/t18-,19+,20-,21-,22+,23+,24+,26+,28+,29-;/m1./s1. The number of hydrogen-bond acceptors (Lipinski definition) is 7. The first-order chi connectivity index (χ1) is 18.2. The Morgan fingerprint density at radius 2 is 1.57 bits per heavy atom. The van der Waals surface area contributed by atoms with E-state index < -0.39 is 21.3 Å². The predicted octanol–water partition coefficient (Wildman–Crippen LogP) is -0.789.